The van der Waals surface area contributed by atoms with Crippen LogP contribution < -0.4 is 5.73 Å². The molecule has 1 aromatic carbocycles. The van der Waals surface area contributed by atoms with Gasteiger partial charge in [-0.1, -0.05) is 12.1 Å². The first-order chi connectivity index (χ1) is 8.09. The van der Waals surface area contributed by atoms with Crippen LogP contribution in [0.25, 0.3) is 11.1 Å². The molecule has 0 aliphatic heterocycles. The second-order valence-electron chi connectivity index (χ2n) is 3.43. The highest BCUT2D eigenvalue weighted by Gasteiger charge is 2.14. The fourth-order valence-electron chi connectivity index (χ4n) is 1.58. The van der Waals surface area contributed by atoms with Crippen LogP contribution in [-0.2, 0) is 0 Å². The summed E-state index contributed by atoms with van der Waals surface area (Å²) >= 11 is 2.18. The van der Waals surface area contributed by atoms with Crippen LogP contribution >= 0.6 is 22.6 Å². The summed E-state index contributed by atoms with van der Waals surface area (Å²) in [6.07, 6.45) is 1.40. The van der Waals surface area contributed by atoms with Gasteiger partial charge >= 0.3 is 5.97 Å². The summed E-state index contributed by atoms with van der Waals surface area (Å²) in [5, 5.41) is 9.12. The number of benzene rings is 1. The SMILES string of the molecule is Nc1nccc(C(=O)O)c1-c1ccc(I)cc1. The minimum absolute atomic E-state index is 0.165. The maximum absolute atomic E-state index is 11.1. The van der Waals surface area contributed by atoms with Crippen LogP contribution in [0.2, 0.25) is 0 Å². The summed E-state index contributed by atoms with van der Waals surface area (Å²) in [5.74, 6) is -0.779. The van der Waals surface area contributed by atoms with Crippen LogP contribution in [0.15, 0.2) is 36.5 Å². The number of aromatic nitrogens is 1. The molecule has 0 radical (unpaired) electrons. The molecule has 0 fully saturated rings. The molecule has 0 aliphatic rings. The first-order valence-electron chi connectivity index (χ1n) is 4.83. The molecule has 0 saturated carbocycles. The molecule has 2 rings (SSSR count). The largest absolute Gasteiger partial charge is 0.478 e. The number of carboxylic acids is 1. The Balaban J connectivity index is 2.65. The summed E-state index contributed by atoms with van der Waals surface area (Å²) in [5.41, 5.74) is 7.15. The van der Waals surface area contributed by atoms with E-state index in [9.17, 15) is 4.79 Å². The number of pyridine rings is 1. The first-order valence-corrected chi connectivity index (χ1v) is 5.91. The van der Waals surface area contributed by atoms with Crippen molar-refractivity contribution in [3.8, 4) is 11.1 Å². The topological polar surface area (TPSA) is 76.2 Å². The monoisotopic (exact) mass is 340 g/mol. The number of nitrogen functional groups attached to an aromatic ring is 1. The Morgan fingerprint density at radius 3 is 2.47 bits per heavy atom. The van der Waals surface area contributed by atoms with E-state index in [4.69, 9.17) is 10.8 Å². The quantitative estimate of drug-likeness (QED) is 0.824. The zero-order valence-corrected chi connectivity index (χ0v) is 10.9. The number of hydrogen-bond donors (Lipinski definition) is 2. The predicted octanol–water partition coefficient (Wildman–Crippen LogP) is 2.63. The molecule has 0 aliphatic carbocycles. The average Bonchev–Trinajstić information content (AvgIpc) is 2.30. The number of anilines is 1. The van der Waals surface area contributed by atoms with Gasteiger partial charge in [0.05, 0.1) is 5.56 Å². The van der Waals surface area contributed by atoms with Crippen LogP contribution in [0.3, 0.4) is 0 Å². The van der Waals surface area contributed by atoms with Gasteiger partial charge in [0.2, 0.25) is 0 Å². The van der Waals surface area contributed by atoms with Crippen molar-refractivity contribution >= 4 is 34.4 Å². The third-order valence-corrected chi connectivity index (χ3v) is 3.06. The first kappa shape index (κ1) is 11.8. The van der Waals surface area contributed by atoms with E-state index in [1.54, 1.807) is 0 Å². The second kappa shape index (κ2) is 4.70. The van der Waals surface area contributed by atoms with Gasteiger partial charge in [0.25, 0.3) is 0 Å². The Hall–Kier alpha value is -1.63. The van der Waals surface area contributed by atoms with Crippen LogP contribution in [-0.4, -0.2) is 16.1 Å². The van der Waals surface area contributed by atoms with Crippen LogP contribution in [0.4, 0.5) is 5.82 Å². The molecule has 5 heteroatoms. The molecule has 1 heterocycles. The van der Waals surface area contributed by atoms with Crippen molar-refractivity contribution in [2.75, 3.05) is 5.73 Å². The highest BCUT2D eigenvalue weighted by atomic mass is 127. The summed E-state index contributed by atoms with van der Waals surface area (Å²) < 4.78 is 1.07. The zero-order valence-electron chi connectivity index (χ0n) is 8.72. The van der Waals surface area contributed by atoms with E-state index in [0.29, 0.717) is 5.56 Å². The molecule has 0 saturated heterocycles. The third-order valence-electron chi connectivity index (χ3n) is 2.34. The van der Waals surface area contributed by atoms with Gasteiger partial charge in [-0.3, -0.25) is 0 Å². The minimum atomic E-state index is -1.01. The van der Waals surface area contributed by atoms with Gasteiger partial charge in [-0.05, 0) is 46.4 Å². The molecular weight excluding hydrogens is 331 g/mol. The van der Waals surface area contributed by atoms with Crippen molar-refractivity contribution in [1.82, 2.24) is 4.98 Å². The smallest absolute Gasteiger partial charge is 0.336 e. The van der Waals surface area contributed by atoms with E-state index in [-0.39, 0.29) is 11.4 Å². The van der Waals surface area contributed by atoms with Crippen LogP contribution in [0.1, 0.15) is 10.4 Å². The lowest BCUT2D eigenvalue weighted by atomic mass is 10.0. The van der Waals surface area contributed by atoms with Gasteiger partial charge in [0, 0.05) is 15.3 Å². The molecule has 1 aromatic heterocycles. The number of carbonyl (C=O) groups is 1. The third kappa shape index (κ3) is 2.38. The van der Waals surface area contributed by atoms with Gasteiger partial charge in [0.15, 0.2) is 0 Å². The van der Waals surface area contributed by atoms with Crippen molar-refractivity contribution in [3.63, 3.8) is 0 Å². The van der Waals surface area contributed by atoms with Crippen molar-refractivity contribution in [1.29, 1.82) is 0 Å². The van der Waals surface area contributed by atoms with Gasteiger partial charge in [-0.25, -0.2) is 9.78 Å². The van der Waals surface area contributed by atoms with Gasteiger partial charge in [-0.15, -0.1) is 0 Å². The Morgan fingerprint density at radius 2 is 1.88 bits per heavy atom. The molecular formula is C12H9IN2O2. The highest BCUT2D eigenvalue weighted by molar-refractivity contribution is 14.1. The fraction of sp³-hybridized carbons (Fsp3) is 0. The highest BCUT2D eigenvalue weighted by Crippen LogP contribution is 2.28. The maximum atomic E-state index is 11.1. The van der Waals surface area contributed by atoms with Crippen molar-refractivity contribution in [2.45, 2.75) is 0 Å². The molecule has 0 amide bonds. The van der Waals surface area contributed by atoms with E-state index in [1.807, 2.05) is 24.3 Å². The molecule has 2 aromatic rings. The molecule has 0 atom stereocenters. The minimum Gasteiger partial charge on any atom is -0.478 e. The lowest BCUT2D eigenvalue weighted by Gasteiger charge is -2.08. The second-order valence-corrected chi connectivity index (χ2v) is 4.68. The van der Waals surface area contributed by atoms with E-state index in [0.717, 1.165) is 9.13 Å². The van der Waals surface area contributed by atoms with Gasteiger partial charge < -0.3 is 10.8 Å². The normalized spacial score (nSPS) is 10.2. The maximum Gasteiger partial charge on any atom is 0.336 e. The van der Waals surface area contributed by atoms with E-state index >= 15 is 0 Å². The molecule has 4 nitrogen and oxygen atoms in total. The van der Waals surface area contributed by atoms with Crippen molar-refractivity contribution in [3.05, 3.63) is 45.7 Å². The average molecular weight is 340 g/mol. The van der Waals surface area contributed by atoms with Crippen molar-refractivity contribution < 1.29 is 9.90 Å². The number of hydrogen-bond acceptors (Lipinski definition) is 3. The molecule has 0 unspecified atom stereocenters. The Bertz CT molecular complexity index is 567. The Labute approximate surface area is 112 Å². The van der Waals surface area contributed by atoms with E-state index in [2.05, 4.69) is 27.6 Å². The molecule has 86 valence electrons. The predicted molar refractivity (Wildman–Crippen MR) is 73.8 cm³/mol. The Kier molecular flexibility index (Phi) is 3.28. The molecule has 0 spiro atoms. The fourth-order valence-corrected chi connectivity index (χ4v) is 1.94. The lowest BCUT2D eigenvalue weighted by molar-refractivity contribution is 0.0697. The number of nitrogens with two attached hydrogens (primary N) is 1. The number of aromatic carboxylic acids is 1. The lowest BCUT2D eigenvalue weighted by Crippen LogP contribution is -2.04. The number of nitrogens with zero attached hydrogens (tertiary/aromatic N) is 1. The number of rotatable bonds is 2. The summed E-state index contributed by atoms with van der Waals surface area (Å²) in [4.78, 5) is 15.1. The van der Waals surface area contributed by atoms with Crippen LogP contribution in [0.5, 0.6) is 0 Å². The van der Waals surface area contributed by atoms with Crippen molar-refractivity contribution in [2.24, 2.45) is 0 Å². The van der Waals surface area contributed by atoms with E-state index < -0.39 is 5.97 Å². The zero-order chi connectivity index (χ0) is 12.4. The molecule has 17 heavy (non-hydrogen) atoms. The van der Waals surface area contributed by atoms with Crippen LogP contribution in [0, 0.1) is 3.57 Å². The number of carboxylic acid groups (broad SMARTS) is 1. The number of halogens is 1. The van der Waals surface area contributed by atoms with E-state index in [1.165, 1.54) is 12.3 Å². The standard InChI is InChI=1S/C12H9IN2O2/c13-8-3-1-7(2-4-8)10-9(12(16)17)5-6-15-11(10)14/h1-6H,(H2,14,15)(H,16,17). The molecule has 3 N–H and O–H groups in total. The van der Waals surface area contributed by atoms with Gasteiger partial charge in [0.1, 0.15) is 5.82 Å². The summed E-state index contributed by atoms with van der Waals surface area (Å²) in [6, 6.07) is 8.91. The summed E-state index contributed by atoms with van der Waals surface area (Å²) in [7, 11) is 0. The summed E-state index contributed by atoms with van der Waals surface area (Å²) in [6.45, 7) is 0. The Morgan fingerprint density at radius 1 is 1.24 bits per heavy atom. The molecule has 0 bridgehead atoms. The van der Waals surface area contributed by atoms with Gasteiger partial charge in [-0.2, -0.15) is 0 Å².